The molecular formula is C13H13NO3. The van der Waals surface area contributed by atoms with Crippen molar-refractivity contribution in [2.45, 2.75) is 19.3 Å². The number of anilines is 1. The van der Waals surface area contributed by atoms with E-state index in [4.69, 9.17) is 5.11 Å². The maximum atomic E-state index is 11.7. The number of carbonyl (C=O) groups excluding carboxylic acids is 1. The quantitative estimate of drug-likeness (QED) is 0.839. The minimum Gasteiger partial charge on any atom is -0.478 e. The zero-order valence-corrected chi connectivity index (χ0v) is 9.27. The number of carbonyl (C=O) groups is 2. The molecule has 0 atom stereocenters. The van der Waals surface area contributed by atoms with E-state index >= 15 is 0 Å². The monoisotopic (exact) mass is 231 g/mol. The summed E-state index contributed by atoms with van der Waals surface area (Å²) in [6, 6.07) is 6.13. The van der Waals surface area contributed by atoms with Crippen LogP contribution in [0.25, 0.3) is 0 Å². The van der Waals surface area contributed by atoms with E-state index in [1.165, 1.54) is 12.1 Å². The zero-order valence-electron chi connectivity index (χ0n) is 9.27. The van der Waals surface area contributed by atoms with E-state index in [2.05, 4.69) is 5.32 Å². The van der Waals surface area contributed by atoms with E-state index in [1.54, 1.807) is 12.1 Å². The molecule has 2 rings (SSSR count). The Hall–Kier alpha value is -2.10. The van der Waals surface area contributed by atoms with Crippen LogP contribution in [0, 0.1) is 0 Å². The molecule has 4 nitrogen and oxygen atoms in total. The lowest BCUT2D eigenvalue weighted by Crippen LogP contribution is -2.13. The van der Waals surface area contributed by atoms with Crippen molar-refractivity contribution in [2.75, 3.05) is 5.32 Å². The molecule has 1 aromatic carbocycles. The van der Waals surface area contributed by atoms with Crippen molar-refractivity contribution >= 4 is 17.6 Å². The molecule has 0 bridgehead atoms. The van der Waals surface area contributed by atoms with E-state index in [1.807, 2.05) is 6.08 Å². The van der Waals surface area contributed by atoms with Gasteiger partial charge in [0.25, 0.3) is 5.91 Å². The molecule has 0 heterocycles. The number of rotatable bonds is 3. The number of amides is 1. The third-order valence-electron chi connectivity index (χ3n) is 2.72. The fourth-order valence-corrected chi connectivity index (χ4v) is 1.78. The maximum Gasteiger partial charge on any atom is 0.335 e. The fraction of sp³-hybridized carbons (Fsp3) is 0.231. The second-order valence-electron chi connectivity index (χ2n) is 3.96. The molecule has 4 heteroatoms. The van der Waals surface area contributed by atoms with Gasteiger partial charge in [-0.2, -0.15) is 0 Å². The fourth-order valence-electron chi connectivity index (χ4n) is 1.78. The van der Waals surface area contributed by atoms with Gasteiger partial charge in [-0.3, -0.25) is 4.79 Å². The Labute approximate surface area is 99.0 Å². The molecule has 0 fully saturated rings. The Bertz CT molecular complexity index is 474. The van der Waals surface area contributed by atoms with Gasteiger partial charge in [0.05, 0.1) is 5.56 Å². The summed E-state index contributed by atoms with van der Waals surface area (Å²) in [7, 11) is 0. The summed E-state index contributed by atoms with van der Waals surface area (Å²) < 4.78 is 0. The minimum absolute atomic E-state index is 0.0921. The third-order valence-corrected chi connectivity index (χ3v) is 2.72. The zero-order chi connectivity index (χ0) is 12.3. The Balaban J connectivity index is 2.03. The first kappa shape index (κ1) is 11.4. The van der Waals surface area contributed by atoms with Crippen molar-refractivity contribution in [3.05, 3.63) is 41.5 Å². The molecule has 0 aliphatic heterocycles. The molecule has 0 radical (unpaired) electrons. The van der Waals surface area contributed by atoms with Gasteiger partial charge in [-0.05, 0) is 43.5 Å². The minimum atomic E-state index is -0.971. The Morgan fingerprint density at radius 3 is 2.41 bits per heavy atom. The predicted octanol–water partition coefficient (Wildman–Crippen LogP) is 2.43. The molecule has 0 spiro atoms. The number of benzene rings is 1. The summed E-state index contributed by atoms with van der Waals surface area (Å²) >= 11 is 0. The molecule has 1 aliphatic rings. The summed E-state index contributed by atoms with van der Waals surface area (Å²) in [6.45, 7) is 0. The molecule has 88 valence electrons. The van der Waals surface area contributed by atoms with Gasteiger partial charge in [-0.25, -0.2) is 4.79 Å². The normalized spacial score (nSPS) is 14.2. The van der Waals surface area contributed by atoms with Crippen LogP contribution in [0.4, 0.5) is 5.69 Å². The largest absolute Gasteiger partial charge is 0.478 e. The van der Waals surface area contributed by atoms with Gasteiger partial charge >= 0.3 is 5.97 Å². The van der Waals surface area contributed by atoms with Crippen LogP contribution in [-0.2, 0) is 4.79 Å². The highest BCUT2D eigenvalue weighted by Crippen LogP contribution is 2.19. The molecule has 1 aliphatic carbocycles. The smallest absolute Gasteiger partial charge is 0.335 e. The summed E-state index contributed by atoms with van der Waals surface area (Å²) in [6.07, 6.45) is 4.75. The van der Waals surface area contributed by atoms with Gasteiger partial charge in [-0.1, -0.05) is 6.08 Å². The van der Waals surface area contributed by atoms with Gasteiger partial charge in [0.15, 0.2) is 0 Å². The number of aromatic carboxylic acids is 1. The van der Waals surface area contributed by atoms with Crippen LogP contribution >= 0.6 is 0 Å². The highest BCUT2D eigenvalue weighted by Gasteiger charge is 2.13. The van der Waals surface area contributed by atoms with Crippen LogP contribution in [0.2, 0.25) is 0 Å². The highest BCUT2D eigenvalue weighted by molar-refractivity contribution is 6.04. The molecular weight excluding hydrogens is 218 g/mol. The lowest BCUT2D eigenvalue weighted by atomic mass is 10.2. The number of hydrogen-bond acceptors (Lipinski definition) is 2. The third kappa shape index (κ3) is 2.72. The Morgan fingerprint density at radius 2 is 1.88 bits per heavy atom. The Morgan fingerprint density at radius 1 is 1.18 bits per heavy atom. The summed E-state index contributed by atoms with van der Waals surface area (Å²) in [5, 5.41) is 11.5. The van der Waals surface area contributed by atoms with Gasteiger partial charge in [0.1, 0.15) is 0 Å². The van der Waals surface area contributed by atoms with E-state index in [0.29, 0.717) is 5.69 Å². The van der Waals surface area contributed by atoms with E-state index in [9.17, 15) is 9.59 Å². The van der Waals surface area contributed by atoms with E-state index in [0.717, 1.165) is 24.8 Å². The predicted molar refractivity (Wildman–Crippen MR) is 64.0 cm³/mol. The van der Waals surface area contributed by atoms with Crippen LogP contribution in [0.15, 0.2) is 35.9 Å². The standard InChI is InChI=1S/C13H13NO3/c15-12(9-3-1-2-4-9)14-11-7-5-10(6-8-11)13(16)17/h3,5-8H,1-2,4H2,(H,14,15)(H,16,17). The summed E-state index contributed by atoms with van der Waals surface area (Å²) in [5.41, 5.74) is 1.64. The SMILES string of the molecule is O=C(Nc1ccc(C(=O)O)cc1)C1=CCCC1. The average Bonchev–Trinajstić information content (AvgIpc) is 2.83. The van der Waals surface area contributed by atoms with Gasteiger partial charge in [0.2, 0.25) is 0 Å². The first-order valence-corrected chi connectivity index (χ1v) is 5.50. The summed E-state index contributed by atoms with van der Waals surface area (Å²) in [4.78, 5) is 22.4. The Kier molecular flexibility index (Phi) is 3.23. The molecule has 2 N–H and O–H groups in total. The van der Waals surface area contributed by atoms with Crippen molar-refractivity contribution in [3.63, 3.8) is 0 Å². The lowest BCUT2D eigenvalue weighted by Gasteiger charge is -2.05. The van der Waals surface area contributed by atoms with E-state index in [-0.39, 0.29) is 11.5 Å². The van der Waals surface area contributed by atoms with Crippen molar-refractivity contribution < 1.29 is 14.7 Å². The van der Waals surface area contributed by atoms with Crippen LogP contribution in [0.5, 0.6) is 0 Å². The van der Waals surface area contributed by atoms with Crippen LogP contribution in [0.3, 0.4) is 0 Å². The van der Waals surface area contributed by atoms with Crippen LogP contribution in [-0.4, -0.2) is 17.0 Å². The van der Waals surface area contributed by atoms with E-state index < -0.39 is 5.97 Å². The second kappa shape index (κ2) is 4.82. The van der Waals surface area contributed by atoms with Crippen LogP contribution < -0.4 is 5.32 Å². The number of carboxylic acids is 1. The first-order chi connectivity index (χ1) is 8.16. The second-order valence-corrected chi connectivity index (χ2v) is 3.96. The van der Waals surface area contributed by atoms with Gasteiger partial charge < -0.3 is 10.4 Å². The number of hydrogen-bond donors (Lipinski definition) is 2. The van der Waals surface area contributed by atoms with Crippen molar-refractivity contribution in [3.8, 4) is 0 Å². The average molecular weight is 231 g/mol. The molecule has 1 amide bonds. The highest BCUT2D eigenvalue weighted by atomic mass is 16.4. The maximum absolute atomic E-state index is 11.7. The summed E-state index contributed by atoms with van der Waals surface area (Å²) in [5.74, 6) is -1.06. The molecule has 0 saturated heterocycles. The first-order valence-electron chi connectivity index (χ1n) is 5.50. The number of allylic oxidation sites excluding steroid dienone is 1. The van der Waals surface area contributed by atoms with Crippen molar-refractivity contribution in [1.29, 1.82) is 0 Å². The number of nitrogens with one attached hydrogen (secondary N) is 1. The molecule has 0 saturated carbocycles. The van der Waals surface area contributed by atoms with Gasteiger partial charge in [0, 0.05) is 11.3 Å². The van der Waals surface area contributed by atoms with Crippen LogP contribution in [0.1, 0.15) is 29.6 Å². The lowest BCUT2D eigenvalue weighted by molar-refractivity contribution is -0.112. The molecule has 0 aromatic heterocycles. The molecule has 0 unspecified atom stereocenters. The topological polar surface area (TPSA) is 66.4 Å². The molecule has 1 aromatic rings. The van der Waals surface area contributed by atoms with Crippen molar-refractivity contribution in [2.24, 2.45) is 0 Å². The van der Waals surface area contributed by atoms with Gasteiger partial charge in [-0.15, -0.1) is 0 Å². The van der Waals surface area contributed by atoms with Crippen molar-refractivity contribution in [1.82, 2.24) is 0 Å². The molecule has 17 heavy (non-hydrogen) atoms. The number of carboxylic acid groups (broad SMARTS) is 1.